The van der Waals surface area contributed by atoms with Gasteiger partial charge in [-0.15, -0.1) is 5.10 Å². The second kappa shape index (κ2) is 7.69. The minimum Gasteiger partial charge on any atom is -0.481 e. The second-order valence-electron chi connectivity index (χ2n) is 8.37. The van der Waals surface area contributed by atoms with Crippen molar-refractivity contribution >= 4 is 29.3 Å². The van der Waals surface area contributed by atoms with E-state index in [1.54, 1.807) is 30.5 Å². The molecule has 2 unspecified atom stereocenters. The van der Waals surface area contributed by atoms with Crippen LogP contribution in [-0.4, -0.2) is 65.9 Å². The molecule has 1 saturated carbocycles. The Kier molecular flexibility index (Phi) is 5.01. The summed E-state index contributed by atoms with van der Waals surface area (Å²) in [6.07, 6.45) is 2.66. The monoisotopic (exact) mass is 489 g/mol. The number of aliphatic carboxylic acids is 1. The highest BCUT2D eigenvalue weighted by Gasteiger charge is 2.85. The third kappa shape index (κ3) is 3.36. The molecule has 13 heteroatoms. The third-order valence-electron chi connectivity index (χ3n) is 6.47. The molecular weight excluding hydrogens is 472 g/mol. The van der Waals surface area contributed by atoms with Crippen LogP contribution < -0.4 is 5.73 Å². The highest BCUT2D eigenvalue weighted by molar-refractivity contribution is 6.31. The molecule has 1 saturated heterocycles. The lowest BCUT2D eigenvalue weighted by Crippen LogP contribution is -2.42. The van der Waals surface area contributed by atoms with Gasteiger partial charge in [0.2, 0.25) is 5.91 Å². The summed E-state index contributed by atoms with van der Waals surface area (Å²) in [4.78, 5) is 33.5. The fourth-order valence-electron chi connectivity index (χ4n) is 4.54. The van der Waals surface area contributed by atoms with Crippen LogP contribution in [0.2, 0.25) is 5.15 Å². The summed E-state index contributed by atoms with van der Waals surface area (Å²) >= 11 is 6.08. The number of carbonyl (C=O) groups excluding carboxylic acids is 1. The second-order valence-corrected chi connectivity index (χ2v) is 8.73. The Labute approximate surface area is 196 Å². The normalized spacial score (nSPS) is 22.8. The first kappa shape index (κ1) is 22.1. The molecule has 1 aliphatic heterocycles. The third-order valence-corrected chi connectivity index (χ3v) is 6.74. The van der Waals surface area contributed by atoms with Crippen LogP contribution in [-0.2, 0) is 16.0 Å². The first-order valence-electron chi connectivity index (χ1n) is 10.3. The zero-order valence-electron chi connectivity index (χ0n) is 17.5. The number of hydrogen-bond donors (Lipinski definition) is 2. The van der Waals surface area contributed by atoms with Gasteiger partial charge in [-0.2, -0.15) is 0 Å². The molecule has 3 aromatic rings. The van der Waals surface area contributed by atoms with Crippen molar-refractivity contribution in [1.29, 1.82) is 0 Å². The summed E-state index contributed by atoms with van der Waals surface area (Å²) in [5.74, 6) is -6.32. The molecule has 1 amide bonds. The summed E-state index contributed by atoms with van der Waals surface area (Å²) in [5.41, 5.74) is 5.47. The van der Waals surface area contributed by atoms with Crippen molar-refractivity contribution in [3.63, 3.8) is 0 Å². The number of carboxylic acid groups (broad SMARTS) is 1. The Hall–Kier alpha value is -3.67. The Morgan fingerprint density at radius 1 is 1.32 bits per heavy atom. The molecule has 2 aromatic heterocycles. The number of aromatic nitrogens is 5. The molecule has 2 aliphatic rings. The highest BCUT2D eigenvalue weighted by atomic mass is 35.5. The van der Waals surface area contributed by atoms with Crippen molar-refractivity contribution in [2.45, 2.75) is 18.8 Å². The summed E-state index contributed by atoms with van der Waals surface area (Å²) in [7, 11) is 0. The average molecular weight is 490 g/mol. The van der Waals surface area contributed by atoms with Gasteiger partial charge in [0.1, 0.15) is 22.6 Å². The van der Waals surface area contributed by atoms with Crippen LogP contribution in [0.4, 0.5) is 14.6 Å². The lowest BCUT2D eigenvalue weighted by Gasteiger charge is -2.28. The van der Waals surface area contributed by atoms with E-state index in [4.69, 9.17) is 17.3 Å². The van der Waals surface area contributed by atoms with Crippen molar-refractivity contribution < 1.29 is 23.5 Å². The topological polar surface area (TPSA) is 140 Å². The molecule has 34 heavy (non-hydrogen) atoms. The van der Waals surface area contributed by atoms with E-state index in [-0.39, 0.29) is 42.8 Å². The molecule has 0 radical (unpaired) electrons. The Bertz CT molecular complexity index is 1320. The molecule has 1 aromatic carbocycles. The first-order chi connectivity index (χ1) is 16.1. The average Bonchev–Trinajstić information content (AvgIpc) is 3.09. The molecule has 2 atom stereocenters. The number of halogens is 3. The van der Waals surface area contributed by atoms with Crippen LogP contribution >= 0.6 is 11.6 Å². The molecule has 176 valence electrons. The van der Waals surface area contributed by atoms with Crippen molar-refractivity contribution in [3.8, 4) is 17.1 Å². The number of hydrogen-bond acceptors (Lipinski definition) is 7. The van der Waals surface area contributed by atoms with E-state index in [1.807, 2.05) is 0 Å². The predicted octanol–water partition coefficient (Wildman–Crippen LogP) is 2.07. The fraction of sp³-hybridized carbons (Fsp3) is 0.333. The van der Waals surface area contributed by atoms with Gasteiger partial charge in [0.25, 0.3) is 5.92 Å². The molecular formula is C21H18ClF2N7O3. The molecule has 0 spiro atoms. The molecule has 2 fully saturated rings. The molecule has 3 N–H and O–H groups in total. The van der Waals surface area contributed by atoms with Crippen LogP contribution in [0.25, 0.3) is 17.1 Å². The van der Waals surface area contributed by atoms with Crippen LogP contribution in [0.5, 0.6) is 0 Å². The van der Waals surface area contributed by atoms with E-state index in [9.17, 15) is 23.5 Å². The molecule has 5 rings (SSSR count). The lowest BCUT2D eigenvalue weighted by atomic mass is 9.94. The maximum Gasteiger partial charge on any atom is 0.316 e. The number of benzene rings is 1. The number of piperidine rings is 1. The number of alkyl halides is 2. The van der Waals surface area contributed by atoms with Gasteiger partial charge >= 0.3 is 5.97 Å². The predicted molar refractivity (Wildman–Crippen MR) is 115 cm³/mol. The Balaban J connectivity index is 1.30. The standard InChI is InChI=1S/C21H18ClF2N7O3/c22-18-17(26-8-15(25)27-18)13-9-31(29-28-13)12-3-1-2-11(6-12)7-16(32)30-5-4-20(19(33)34)14(10-30)21(20,23)24/h1-3,6,8-9,14H,4-5,7,10H2,(H2,25,27)(H,33,34). The van der Waals surface area contributed by atoms with Crippen LogP contribution in [0.3, 0.4) is 0 Å². The number of fused-ring (bicyclic) bond motifs is 1. The van der Waals surface area contributed by atoms with Gasteiger partial charge in [-0.25, -0.2) is 23.4 Å². The van der Waals surface area contributed by atoms with Gasteiger partial charge in [-0.1, -0.05) is 28.9 Å². The van der Waals surface area contributed by atoms with Gasteiger partial charge in [0, 0.05) is 13.1 Å². The minimum atomic E-state index is -3.30. The van der Waals surface area contributed by atoms with Crippen molar-refractivity contribution in [2.75, 3.05) is 18.8 Å². The Morgan fingerprint density at radius 3 is 2.82 bits per heavy atom. The molecule has 0 bridgehead atoms. The van der Waals surface area contributed by atoms with Gasteiger partial charge in [0.15, 0.2) is 5.15 Å². The number of likely N-dealkylation sites (tertiary alicyclic amines) is 1. The van der Waals surface area contributed by atoms with Crippen LogP contribution in [0, 0.1) is 11.3 Å². The Morgan fingerprint density at radius 2 is 2.12 bits per heavy atom. The number of nitrogens with zero attached hydrogens (tertiary/aromatic N) is 6. The van der Waals surface area contributed by atoms with E-state index < -0.39 is 23.2 Å². The first-order valence-corrected chi connectivity index (χ1v) is 10.7. The quantitative estimate of drug-likeness (QED) is 0.555. The van der Waals surface area contributed by atoms with E-state index in [0.29, 0.717) is 22.6 Å². The summed E-state index contributed by atoms with van der Waals surface area (Å²) < 4.78 is 29.7. The number of amides is 1. The van der Waals surface area contributed by atoms with E-state index >= 15 is 0 Å². The van der Waals surface area contributed by atoms with Crippen molar-refractivity contribution in [3.05, 3.63) is 47.4 Å². The minimum absolute atomic E-state index is 0.0211. The SMILES string of the molecule is Nc1cnc(-c2cn(-c3cccc(CC(=O)N4CCC5(C(=O)O)C(C4)C5(F)F)c3)nn2)c(Cl)n1. The van der Waals surface area contributed by atoms with E-state index in [1.165, 1.54) is 15.8 Å². The summed E-state index contributed by atoms with van der Waals surface area (Å²) in [6.45, 7) is -0.291. The van der Waals surface area contributed by atoms with Crippen LogP contribution in [0.1, 0.15) is 12.0 Å². The van der Waals surface area contributed by atoms with Gasteiger partial charge in [-0.05, 0) is 24.1 Å². The molecule has 10 nitrogen and oxygen atoms in total. The smallest absolute Gasteiger partial charge is 0.316 e. The number of anilines is 1. The van der Waals surface area contributed by atoms with Crippen LogP contribution in [0.15, 0.2) is 36.7 Å². The van der Waals surface area contributed by atoms with Gasteiger partial charge in [0.05, 0.1) is 30.4 Å². The summed E-state index contributed by atoms with van der Waals surface area (Å²) in [5, 5.41) is 17.5. The van der Waals surface area contributed by atoms with Crippen molar-refractivity contribution in [1.82, 2.24) is 29.9 Å². The molecule has 3 heterocycles. The van der Waals surface area contributed by atoms with Gasteiger partial charge in [-0.3, -0.25) is 9.59 Å². The highest BCUT2D eigenvalue weighted by Crippen LogP contribution is 2.69. The maximum atomic E-state index is 14.1. The largest absolute Gasteiger partial charge is 0.481 e. The zero-order valence-corrected chi connectivity index (χ0v) is 18.3. The maximum absolute atomic E-state index is 14.1. The number of nitrogens with two attached hydrogens (primary N) is 1. The van der Waals surface area contributed by atoms with Gasteiger partial charge < -0.3 is 15.7 Å². The lowest BCUT2D eigenvalue weighted by molar-refractivity contribution is -0.150. The zero-order chi connectivity index (χ0) is 24.3. The number of carboxylic acids is 1. The van der Waals surface area contributed by atoms with E-state index in [0.717, 1.165) is 0 Å². The molecule has 1 aliphatic carbocycles. The number of rotatable bonds is 5. The summed E-state index contributed by atoms with van der Waals surface area (Å²) in [6, 6.07) is 6.95. The number of nitrogen functional groups attached to an aromatic ring is 1. The fourth-order valence-corrected chi connectivity index (χ4v) is 4.78. The van der Waals surface area contributed by atoms with Crippen molar-refractivity contribution in [2.24, 2.45) is 11.3 Å². The van der Waals surface area contributed by atoms with E-state index in [2.05, 4.69) is 20.3 Å². The number of carbonyl (C=O) groups is 2.